The molecule has 0 unspecified atom stereocenters. The van der Waals surface area contributed by atoms with Crippen molar-refractivity contribution in [2.75, 3.05) is 13.7 Å². The zero-order valence-corrected chi connectivity index (χ0v) is 12.5. The molecule has 0 radical (unpaired) electrons. The molecule has 0 spiro atoms. The lowest BCUT2D eigenvalue weighted by Crippen LogP contribution is -2.31. The van der Waals surface area contributed by atoms with Gasteiger partial charge >= 0.3 is 0 Å². The van der Waals surface area contributed by atoms with Crippen LogP contribution < -0.4 is 5.32 Å². The summed E-state index contributed by atoms with van der Waals surface area (Å²) in [5, 5.41) is 7.09. The van der Waals surface area contributed by atoms with Crippen LogP contribution in [0.2, 0.25) is 0 Å². The standard InChI is InChI=1S/C15H20N4O2/c1-11(2)19-9-12(8-17-19)15(20)18-14(10-21-3)13-6-4-5-7-16-13/h4-9,11,14H,10H2,1-3H3,(H,18,20)/t14-/m0/s1. The number of hydrogen-bond acceptors (Lipinski definition) is 4. The van der Waals surface area contributed by atoms with E-state index in [4.69, 9.17) is 4.74 Å². The van der Waals surface area contributed by atoms with E-state index in [1.54, 1.807) is 30.4 Å². The van der Waals surface area contributed by atoms with Gasteiger partial charge in [0.05, 0.1) is 30.1 Å². The number of aromatic nitrogens is 3. The summed E-state index contributed by atoms with van der Waals surface area (Å²) in [5.41, 5.74) is 1.30. The third-order valence-electron chi connectivity index (χ3n) is 3.08. The second-order valence-corrected chi connectivity index (χ2v) is 5.04. The van der Waals surface area contributed by atoms with E-state index in [1.807, 2.05) is 32.0 Å². The minimum Gasteiger partial charge on any atom is -0.382 e. The fourth-order valence-corrected chi connectivity index (χ4v) is 1.93. The van der Waals surface area contributed by atoms with Crippen molar-refractivity contribution in [3.05, 3.63) is 48.0 Å². The van der Waals surface area contributed by atoms with Gasteiger partial charge in [0, 0.05) is 25.5 Å². The number of amides is 1. The van der Waals surface area contributed by atoms with Crippen LogP contribution in [0.3, 0.4) is 0 Å². The molecule has 6 heteroatoms. The second-order valence-electron chi connectivity index (χ2n) is 5.04. The smallest absolute Gasteiger partial charge is 0.255 e. The molecule has 0 aromatic carbocycles. The summed E-state index contributed by atoms with van der Waals surface area (Å²) in [6.45, 7) is 4.38. The molecule has 1 atom stereocenters. The molecule has 1 amide bonds. The van der Waals surface area contributed by atoms with E-state index in [9.17, 15) is 4.79 Å². The number of hydrogen-bond donors (Lipinski definition) is 1. The van der Waals surface area contributed by atoms with Crippen molar-refractivity contribution in [1.29, 1.82) is 0 Å². The Morgan fingerprint density at radius 1 is 1.43 bits per heavy atom. The number of methoxy groups -OCH3 is 1. The highest BCUT2D eigenvalue weighted by Crippen LogP contribution is 2.12. The van der Waals surface area contributed by atoms with Crippen molar-refractivity contribution in [2.45, 2.75) is 25.9 Å². The predicted octanol–water partition coefficient (Wildman–Crippen LogP) is 1.98. The third-order valence-corrected chi connectivity index (χ3v) is 3.08. The Hall–Kier alpha value is -2.21. The summed E-state index contributed by atoms with van der Waals surface area (Å²) in [6, 6.07) is 5.51. The second kappa shape index (κ2) is 6.99. The van der Waals surface area contributed by atoms with Gasteiger partial charge in [-0.15, -0.1) is 0 Å². The first-order chi connectivity index (χ1) is 10.1. The zero-order chi connectivity index (χ0) is 15.2. The fourth-order valence-electron chi connectivity index (χ4n) is 1.93. The van der Waals surface area contributed by atoms with Gasteiger partial charge in [-0.1, -0.05) is 6.07 Å². The van der Waals surface area contributed by atoms with Crippen molar-refractivity contribution in [1.82, 2.24) is 20.1 Å². The topological polar surface area (TPSA) is 69.0 Å². The summed E-state index contributed by atoms with van der Waals surface area (Å²) in [6.07, 6.45) is 5.00. The predicted molar refractivity (Wildman–Crippen MR) is 78.9 cm³/mol. The molecule has 6 nitrogen and oxygen atoms in total. The quantitative estimate of drug-likeness (QED) is 0.882. The van der Waals surface area contributed by atoms with Crippen molar-refractivity contribution in [3.63, 3.8) is 0 Å². The Balaban J connectivity index is 2.11. The maximum atomic E-state index is 12.3. The SMILES string of the molecule is COC[C@H](NC(=O)c1cnn(C(C)C)c1)c1ccccn1. The lowest BCUT2D eigenvalue weighted by Gasteiger charge is -2.16. The first-order valence-corrected chi connectivity index (χ1v) is 6.86. The van der Waals surface area contributed by atoms with E-state index >= 15 is 0 Å². The van der Waals surface area contributed by atoms with Gasteiger partial charge in [-0.3, -0.25) is 14.5 Å². The maximum Gasteiger partial charge on any atom is 0.255 e. The van der Waals surface area contributed by atoms with E-state index in [1.165, 1.54) is 0 Å². The Labute approximate surface area is 124 Å². The molecular formula is C15H20N4O2. The van der Waals surface area contributed by atoms with Gasteiger partial charge in [0.15, 0.2) is 0 Å². The zero-order valence-electron chi connectivity index (χ0n) is 12.5. The number of nitrogens with one attached hydrogen (secondary N) is 1. The van der Waals surface area contributed by atoms with Crippen molar-refractivity contribution >= 4 is 5.91 Å². The maximum absolute atomic E-state index is 12.3. The number of carbonyl (C=O) groups excluding carboxylic acids is 1. The Kier molecular flexibility index (Phi) is 5.05. The summed E-state index contributed by atoms with van der Waals surface area (Å²) < 4.78 is 6.91. The van der Waals surface area contributed by atoms with Crippen LogP contribution in [0, 0.1) is 0 Å². The first-order valence-electron chi connectivity index (χ1n) is 6.86. The normalized spacial score (nSPS) is 12.4. The highest BCUT2D eigenvalue weighted by atomic mass is 16.5. The van der Waals surface area contributed by atoms with Crippen LogP contribution in [-0.2, 0) is 4.74 Å². The van der Waals surface area contributed by atoms with Gasteiger partial charge < -0.3 is 10.1 Å². The van der Waals surface area contributed by atoms with Crippen molar-refractivity contribution in [3.8, 4) is 0 Å². The number of rotatable bonds is 6. The van der Waals surface area contributed by atoms with Gasteiger partial charge in [0.25, 0.3) is 5.91 Å². The summed E-state index contributed by atoms with van der Waals surface area (Å²) >= 11 is 0. The van der Waals surface area contributed by atoms with Gasteiger partial charge in [-0.05, 0) is 26.0 Å². The molecule has 0 bridgehead atoms. The number of nitrogens with zero attached hydrogens (tertiary/aromatic N) is 3. The van der Waals surface area contributed by atoms with E-state index in [0.29, 0.717) is 12.2 Å². The minimum atomic E-state index is -0.286. The Morgan fingerprint density at radius 2 is 2.24 bits per heavy atom. The molecule has 0 fully saturated rings. The monoisotopic (exact) mass is 288 g/mol. The summed E-state index contributed by atoms with van der Waals surface area (Å²) in [5.74, 6) is -0.186. The average Bonchev–Trinajstić information content (AvgIpc) is 2.98. The minimum absolute atomic E-state index is 0.186. The highest BCUT2D eigenvalue weighted by molar-refractivity contribution is 5.93. The lowest BCUT2D eigenvalue weighted by atomic mass is 10.2. The lowest BCUT2D eigenvalue weighted by molar-refractivity contribution is 0.0894. The van der Waals surface area contributed by atoms with Crippen LogP contribution in [0.4, 0.5) is 0 Å². The molecule has 112 valence electrons. The molecule has 2 aromatic heterocycles. The van der Waals surface area contributed by atoms with Crippen LogP contribution in [0.5, 0.6) is 0 Å². The molecule has 2 rings (SSSR count). The Bertz CT molecular complexity index is 580. The van der Waals surface area contributed by atoms with E-state index in [2.05, 4.69) is 15.4 Å². The molecule has 21 heavy (non-hydrogen) atoms. The van der Waals surface area contributed by atoms with Gasteiger partial charge in [0.2, 0.25) is 0 Å². The van der Waals surface area contributed by atoms with Crippen LogP contribution in [0.15, 0.2) is 36.8 Å². The van der Waals surface area contributed by atoms with E-state index in [0.717, 1.165) is 5.69 Å². The highest BCUT2D eigenvalue weighted by Gasteiger charge is 2.18. The van der Waals surface area contributed by atoms with Crippen molar-refractivity contribution < 1.29 is 9.53 Å². The first kappa shape index (κ1) is 15.2. The number of pyridine rings is 1. The summed E-state index contributed by atoms with van der Waals surface area (Å²) in [4.78, 5) is 16.6. The number of carbonyl (C=O) groups is 1. The number of ether oxygens (including phenoxy) is 1. The molecule has 0 aliphatic heterocycles. The summed E-state index contributed by atoms with van der Waals surface area (Å²) in [7, 11) is 1.60. The fraction of sp³-hybridized carbons (Fsp3) is 0.400. The Morgan fingerprint density at radius 3 is 2.81 bits per heavy atom. The molecule has 0 aliphatic carbocycles. The van der Waals surface area contributed by atoms with Crippen LogP contribution in [0.25, 0.3) is 0 Å². The van der Waals surface area contributed by atoms with Crippen LogP contribution in [0.1, 0.15) is 42.0 Å². The molecule has 1 N–H and O–H groups in total. The molecule has 2 aromatic rings. The molecule has 0 saturated carbocycles. The molecule has 2 heterocycles. The van der Waals surface area contributed by atoms with Crippen molar-refractivity contribution in [2.24, 2.45) is 0 Å². The van der Waals surface area contributed by atoms with Gasteiger partial charge in [0.1, 0.15) is 0 Å². The largest absolute Gasteiger partial charge is 0.382 e. The molecular weight excluding hydrogens is 268 g/mol. The molecule has 0 saturated heterocycles. The van der Waals surface area contributed by atoms with Crippen LogP contribution >= 0.6 is 0 Å². The van der Waals surface area contributed by atoms with Gasteiger partial charge in [-0.25, -0.2) is 0 Å². The molecule has 0 aliphatic rings. The van der Waals surface area contributed by atoms with Crippen LogP contribution in [-0.4, -0.2) is 34.4 Å². The van der Waals surface area contributed by atoms with E-state index in [-0.39, 0.29) is 18.0 Å². The van der Waals surface area contributed by atoms with E-state index < -0.39 is 0 Å². The third kappa shape index (κ3) is 3.88. The van der Waals surface area contributed by atoms with Gasteiger partial charge in [-0.2, -0.15) is 5.10 Å². The average molecular weight is 288 g/mol.